The molecule has 0 aliphatic heterocycles. The first-order valence-electron chi connectivity index (χ1n) is 8.74. The van der Waals surface area contributed by atoms with Gasteiger partial charge in [-0.1, -0.05) is 60.7 Å². The molecule has 27 heavy (non-hydrogen) atoms. The lowest BCUT2D eigenvalue weighted by molar-refractivity contribution is -0.118. The van der Waals surface area contributed by atoms with Crippen molar-refractivity contribution in [1.82, 2.24) is 15.1 Å². The summed E-state index contributed by atoms with van der Waals surface area (Å²) in [6, 6.07) is 23.0. The summed E-state index contributed by atoms with van der Waals surface area (Å²) in [7, 11) is 0. The van der Waals surface area contributed by atoms with Gasteiger partial charge in [0.05, 0.1) is 18.0 Å². The standard InChI is InChI=1S/C21H21N3O2S/c25-20(16-27-15-17-7-3-1-4-8-17)22-13-14-24-21(26)12-11-19(23-24)18-9-5-2-6-10-18/h1-12H,13-16H2,(H,22,25). The molecule has 0 bridgehead atoms. The molecule has 5 nitrogen and oxygen atoms in total. The first-order valence-corrected chi connectivity index (χ1v) is 9.90. The molecular formula is C21H21N3O2S. The number of hydrogen-bond acceptors (Lipinski definition) is 4. The molecule has 1 N–H and O–H groups in total. The average molecular weight is 379 g/mol. The fraction of sp³-hybridized carbons (Fsp3) is 0.190. The van der Waals surface area contributed by atoms with E-state index < -0.39 is 0 Å². The number of hydrogen-bond donors (Lipinski definition) is 1. The van der Waals surface area contributed by atoms with Crippen LogP contribution in [0.4, 0.5) is 0 Å². The van der Waals surface area contributed by atoms with Crippen molar-refractivity contribution in [3.8, 4) is 11.3 Å². The highest BCUT2D eigenvalue weighted by molar-refractivity contribution is 7.99. The Hall–Kier alpha value is -2.86. The van der Waals surface area contributed by atoms with Gasteiger partial charge in [-0.15, -0.1) is 11.8 Å². The Morgan fingerprint density at radius 1 is 0.963 bits per heavy atom. The Morgan fingerprint density at radius 3 is 2.41 bits per heavy atom. The number of rotatable bonds is 8. The number of nitrogens with zero attached hydrogens (tertiary/aromatic N) is 2. The van der Waals surface area contributed by atoms with Gasteiger partial charge in [0.15, 0.2) is 0 Å². The fourth-order valence-electron chi connectivity index (χ4n) is 2.56. The average Bonchev–Trinajstić information content (AvgIpc) is 2.71. The lowest BCUT2D eigenvalue weighted by Crippen LogP contribution is -2.32. The summed E-state index contributed by atoms with van der Waals surface area (Å²) >= 11 is 1.57. The van der Waals surface area contributed by atoms with Crippen molar-refractivity contribution in [2.24, 2.45) is 0 Å². The van der Waals surface area contributed by atoms with Gasteiger partial charge < -0.3 is 5.32 Å². The third kappa shape index (κ3) is 5.82. The number of nitrogens with one attached hydrogen (secondary N) is 1. The van der Waals surface area contributed by atoms with E-state index in [-0.39, 0.29) is 11.5 Å². The zero-order valence-corrected chi connectivity index (χ0v) is 15.7. The third-order valence-corrected chi connectivity index (χ3v) is 4.93. The van der Waals surface area contributed by atoms with Gasteiger partial charge in [-0.25, -0.2) is 4.68 Å². The van der Waals surface area contributed by atoms with Gasteiger partial charge in [0, 0.05) is 23.9 Å². The van der Waals surface area contributed by atoms with Gasteiger partial charge in [0.2, 0.25) is 5.91 Å². The normalized spacial score (nSPS) is 10.5. The van der Waals surface area contributed by atoms with Crippen LogP contribution in [0.25, 0.3) is 11.3 Å². The molecule has 3 aromatic rings. The molecule has 0 aliphatic carbocycles. The fourth-order valence-corrected chi connectivity index (χ4v) is 3.38. The van der Waals surface area contributed by atoms with Crippen LogP contribution in [-0.4, -0.2) is 28.0 Å². The second-order valence-electron chi connectivity index (χ2n) is 5.97. The molecule has 0 aliphatic rings. The number of carbonyl (C=O) groups excluding carboxylic acids is 1. The second-order valence-corrected chi connectivity index (χ2v) is 6.96. The molecule has 6 heteroatoms. The lowest BCUT2D eigenvalue weighted by Gasteiger charge is -2.08. The van der Waals surface area contributed by atoms with Gasteiger partial charge in [0.1, 0.15) is 0 Å². The van der Waals surface area contributed by atoms with E-state index in [0.29, 0.717) is 18.8 Å². The SMILES string of the molecule is O=C(CSCc1ccccc1)NCCn1nc(-c2ccccc2)ccc1=O. The lowest BCUT2D eigenvalue weighted by atomic mass is 10.1. The minimum Gasteiger partial charge on any atom is -0.354 e. The Balaban J connectivity index is 1.47. The molecule has 0 saturated carbocycles. The van der Waals surface area contributed by atoms with E-state index in [1.54, 1.807) is 17.8 Å². The van der Waals surface area contributed by atoms with Crippen LogP contribution in [0.3, 0.4) is 0 Å². The Bertz CT molecular complexity index is 927. The van der Waals surface area contributed by atoms with E-state index in [0.717, 1.165) is 17.0 Å². The molecule has 0 fully saturated rings. The summed E-state index contributed by atoms with van der Waals surface area (Å²) < 4.78 is 1.39. The number of benzene rings is 2. The molecule has 1 amide bonds. The Kier molecular flexibility index (Phi) is 6.82. The molecule has 0 saturated heterocycles. The third-order valence-electron chi connectivity index (χ3n) is 3.93. The summed E-state index contributed by atoms with van der Waals surface area (Å²) in [5.74, 6) is 1.15. The van der Waals surface area contributed by atoms with Gasteiger partial charge in [0.25, 0.3) is 5.56 Å². The maximum absolute atomic E-state index is 12.0. The van der Waals surface area contributed by atoms with Gasteiger partial charge in [-0.05, 0) is 11.6 Å². The maximum Gasteiger partial charge on any atom is 0.266 e. The largest absolute Gasteiger partial charge is 0.354 e. The van der Waals surface area contributed by atoms with E-state index in [1.165, 1.54) is 16.3 Å². The van der Waals surface area contributed by atoms with Crippen molar-refractivity contribution >= 4 is 17.7 Å². The van der Waals surface area contributed by atoms with Crippen LogP contribution in [0.15, 0.2) is 77.6 Å². The zero-order valence-electron chi connectivity index (χ0n) is 14.9. The van der Waals surface area contributed by atoms with Gasteiger partial charge in [-0.2, -0.15) is 5.10 Å². The minimum absolute atomic E-state index is 0.0387. The number of amides is 1. The van der Waals surface area contributed by atoms with Crippen LogP contribution in [-0.2, 0) is 17.1 Å². The molecule has 0 spiro atoms. The first-order chi connectivity index (χ1) is 13.2. The number of aromatic nitrogens is 2. The van der Waals surface area contributed by atoms with Crippen molar-refractivity contribution < 1.29 is 4.79 Å². The topological polar surface area (TPSA) is 64.0 Å². The van der Waals surface area contributed by atoms with Gasteiger partial charge in [-0.3, -0.25) is 9.59 Å². The monoisotopic (exact) mass is 379 g/mol. The molecule has 138 valence electrons. The van der Waals surface area contributed by atoms with Crippen molar-refractivity contribution in [3.05, 3.63) is 88.7 Å². The molecule has 0 radical (unpaired) electrons. The predicted octanol–water partition coefficient (Wildman–Crippen LogP) is 2.96. The minimum atomic E-state index is -0.178. The molecular weight excluding hydrogens is 358 g/mol. The molecule has 1 aromatic heterocycles. The van der Waals surface area contributed by atoms with Crippen molar-refractivity contribution in [2.45, 2.75) is 12.3 Å². The van der Waals surface area contributed by atoms with E-state index in [1.807, 2.05) is 60.7 Å². The van der Waals surface area contributed by atoms with Crippen LogP contribution >= 0.6 is 11.8 Å². The van der Waals surface area contributed by atoms with Crippen LogP contribution < -0.4 is 10.9 Å². The molecule has 1 heterocycles. The summed E-state index contributed by atoms with van der Waals surface area (Å²) in [5, 5.41) is 7.23. The van der Waals surface area contributed by atoms with Crippen LogP contribution in [0, 0.1) is 0 Å². The van der Waals surface area contributed by atoms with E-state index in [9.17, 15) is 9.59 Å². The molecule has 0 unspecified atom stereocenters. The zero-order chi connectivity index (χ0) is 18.9. The second kappa shape index (κ2) is 9.73. The van der Waals surface area contributed by atoms with Crippen molar-refractivity contribution in [1.29, 1.82) is 0 Å². The Morgan fingerprint density at radius 2 is 1.67 bits per heavy atom. The van der Waals surface area contributed by atoms with E-state index >= 15 is 0 Å². The summed E-state index contributed by atoms with van der Waals surface area (Å²) in [4.78, 5) is 23.9. The highest BCUT2D eigenvalue weighted by Crippen LogP contribution is 2.14. The maximum atomic E-state index is 12.0. The molecule has 2 aromatic carbocycles. The Labute approximate surface area is 162 Å². The van der Waals surface area contributed by atoms with Crippen LogP contribution in [0.5, 0.6) is 0 Å². The smallest absolute Gasteiger partial charge is 0.266 e. The highest BCUT2D eigenvalue weighted by atomic mass is 32.2. The number of carbonyl (C=O) groups is 1. The van der Waals surface area contributed by atoms with Crippen LogP contribution in [0.2, 0.25) is 0 Å². The van der Waals surface area contributed by atoms with E-state index in [2.05, 4.69) is 10.4 Å². The van der Waals surface area contributed by atoms with Crippen LogP contribution in [0.1, 0.15) is 5.56 Å². The highest BCUT2D eigenvalue weighted by Gasteiger charge is 2.05. The predicted molar refractivity (Wildman–Crippen MR) is 110 cm³/mol. The summed E-state index contributed by atoms with van der Waals surface area (Å²) in [5.41, 5.74) is 2.71. The van der Waals surface area contributed by atoms with Crippen molar-refractivity contribution in [3.63, 3.8) is 0 Å². The summed E-state index contributed by atoms with van der Waals surface area (Å²) in [6.07, 6.45) is 0. The molecule has 3 rings (SSSR count). The number of thioether (sulfide) groups is 1. The first kappa shape index (κ1) is 18.9. The molecule has 0 atom stereocenters. The van der Waals surface area contributed by atoms with Crippen molar-refractivity contribution in [2.75, 3.05) is 12.3 Å². The summed E-state index contributed by atoms with van der Waals surface area (Å²) in [6.45, 7) is 0.713. The van der Waals surface area contributed by atoms with E-state index in [4.69, 9.17) is 0 Å². The van der Waals surface area contributed by atoms with Gasteiger partial charge >= 0.3 is 0 Å². The quantitative estimate of drug-likeness (QED) is 0.654.